The van der Waals surface area contributed by atoms with Crippen molar-refractivity contribution in [3.8, 4) is 5.75 Å². The highest BCUT2D eigenvalue weighted by molar-refractivity contribution is 5.31. The molecular weight excluding hydrogens is 224 g/mol. The lowest BCUT2D eigenvalue weighted by Crippen LogP contribution is -2.10. The molecule has 0 bridgehead atoms. The Kier molecular flexibility index (Phi) is 5.35. The maximum atomic E-state index is 13.5. The molecule has 1 aromatic rings. The van der Waals surface area contributed by atoms with Gasteiger partial charge in [0, 0.05) is 6.54 Å². The van der Waals surface area contributed by atoms with Crippen LogP contribution in [0.1, 0.15) is 32.3 Å². The molecule has 0 saturated carbocycles. The molecule has 96 valence electrons. The van der Waals surface area contributed by atoms with Gasteiger partial charge in [-0.05, 0) is 30.0 Å². The summed E-state index contributed by atoms with van der Waals surface area (Å²) in [7, 11) is 0. The van der Waals surface area contributed by atoms with Gasteiger partial charge in [-0.2, -0.15) is 0 Å². The Morgan fingerprint density at radius 1 is 1.29 bits per heavy atom. The fourth-order valence-corrected chi connectivity index (χ4v) is 1.67. The molecule has 0 spiro atoms. The van der Waals surface area contributed by atoms with Crippen LogP contribution in [0.4, 0.5) is 8.78 Å². The third kappa shape index (κ3) is 3.97. The molecule has 17 heavy (non-hydrogen) atoms. The largest absolute Gasteiger partial charge is 0.487 e. The molecule has 2 N–H and O–H groups in total. The molecule has 0 fully saturated rings. The van der Waals surface area contributed by atoms with Crippen molar-refractivity contribution in [3.05, 3.63) is 29.3 Å². The molecule has 0 amide bonds. The fraction of sp³-hybridized carbons (Fsp3) is 0.538. The number of halogens is 2. The van der Waals surface area contributed by atoms with Gasteiger partial charge in [-0.15, -0.1) is 0 Å². The Bertz CT molecular complexity index is 345. The zero-order valence-electron chi connectivity index (χ0n) is 10.3. The van der Waals surface area contributed by atoms with E-state index in [-0.39, 0.29) is 18.2 Å². The van der Waals surface area contributed by atoms with E-state index in [0.29, 0.717) is 12.2 Å². The summed E-state index contributed by atoms with van der Waals surface area (Å²) in [6.07, 6.45) is 2.01. The van der Waals surface area contributed by atoms with Crippen LogP contribution in [0.15, 0.2) is 12.1 Å². The van der Waals surface area contributed by atoms with E-state index in [1.165, 1.54) is 12.1 Å². The van der Waals surface area contributed by atoms with E-state index in [0.717, 1.165) is 12.8 Å². The van der Waals surface area contributed by atoms with Crippen molar-refractivity contribution in [2.75, 3.05) is 6.61 Å². The number of rotatable bonds is 6. The van der Waals surface area contributed by atoms with Crippen LogP contribution in [0.2, 0.25) is 0 Å². The maximum absolute atomic E-state index is 13.5. The van der Waals surface area contributed by atoms with Gasteiger partial charge < -0.3 is 10.5 Å². The lowest BCUT2D eigenvalue weighted by Gasteiger charge is -2.13. The Morgan fingerprint density at radius 3 is 2.35 bits per heavy atom. The van der Waals surface area contributed by atoms with Crippen LogP contribution in [0.3, 0.4) is 0 Å². The highest BCUT2D eigenvalue weighted by atomic mass is 19.1. The van der Waals surface area contributed by atoms with Gasteiger partial charge in [-0.1, -0.05) is 20.3 Å². The van der Waals surface area contributed by atoms with Gasteiger partial charge in [0.1, 0.15) is 0 Å². The summed E-state index contributed by atoms with van der Waals surface area (Å²) in [4.78, 5) is 0. The van der Waals surface area contributed by atoms with Crippen LogP contribution < -0.4 is 10.5 Å². The number of nitrogens with two attached hydrogens (primary N) is 1. The summed E-state index contributed by atoms with van der Waals surface area (Å²) in [5.41, 5.74) is 5.75. The van der Waals surface area contributed by atoms with Crippen molar-refractivity contribution in [1.29, 1.82) is 0 Å². The Morgan fingerprint density at radius 2 is 1.88 bits per heavy atom. The second-order valence-electron chi connectivity index (χ2n) is 4.30. The number of ether oxygens (including phenoxy) is 1. The van der Waals surface area contributed by atoms with Crippen molar-refractivity contribution in [2.24, 2.45) is 11.7 Å². The zero-order chi connectivity index (χ0) is 12.8. The highest BCUT2D eigenvalue weighted by Gasteiger charge is 2.13. The molecule has 0 heterocycles. The van der Waals surface area contributed by atoms with Gasteiger partial charge in [0.05, 0.1) is 6.61 Å². The van der Waals surface area contributed by atoms with Crippen LogP contribution in [0, 0.1) is 17.6 Å². The minimum absolute atomic E-state index is 0.111. The summed E-state index contributed by atoms with van der Waals surface area (Å²) in [6, 6.07) is 2.42. The molecule has 1 rings (SSSR count). The van der Waals surface area contributed by atoms with E-state index in [4.69, 9.17) is 10.5 Å². The first kappa shape index (κ1) is 13.9. The van der Waals surface area contributed by atoms with Crippen LogP contribution in [0.25, 0.3) is 0 Å². The van der Waals surface area contributed by atoms with Gasteiger partial charge in [0.15, 0.2) is 17.4 Å². The molecule has 1 aromatic carbocycles. The third-order valence-electron chi connectivity index (χ3n) is 2.59. The average Bonchev–Trinajstić information content (AvgIpc) is 2.28. The quantitative estimate of drug-likeness (QED) is 0.832. The number of hydrogen-bond donors (Lipinski definition) is 1. The summed E-state index contributed by atoms with van der Waals surface area (Å²) < 4.78 is 32.2. The number of hydrogen-bond acceptors (Lipinski definition) is 2. The molecule has 0 aliphatic rings. The second-order valence-corrected chi connectivity index (χ2v) is 4.30. The molecule has 4 heteroatoms. The fourth-order valence-electron chi connectivity index (χ4n) is 1.67. The van der Waals surface area contributed by atoms with Crippen molar-refractivity contribution >= 4 is 0 Å². The van der Waals surface area contributed by atoms with E-state index in [2.05, 4.69) is 6.92 Å². The van der Waals surface area contributed by atoms with E-state index < -0.39 is 11.6 Å². The minimum Gasteiger partial charge on any atom is -0.487 e. The Labute approximate surface area is 101 Å². The van der Waals surface area contributed by atoms with E-state index in [1.807, 2.05) is 6.92 Å². The Hall–Kier alpha value is -1.16. The SMILES string of the molecule is CCCC(C)COc1c(F)cc(CN)cc1F. The van der Waals surface area contributed by atoms with Gasteiger partial charge >= 0.3 is 0 Å². The van der Waals surface area contributed by atoms with E-state index >= 15 is 0 Å². The first-order valence-corrected chi connectivity index (χ1v) is 5.89. The number of benzene rings is 1. The maximum Gasteiger partial charge on any atom is 0.190 e. The van der Waals surface area contributed by atoms with E-state index in [9.17, 15) is 8.78 Å². The molecule has 0 saturated heterocycles. The van der Waals surface area contributed by atoms with Gasteiger partial charge in [0.2, 0.25) is 0 Å². The topological polar surface area (TPSA) is 35.2 Å². The summed E-state index contributed by atoms with van der Waals surface area (Å²) in [5, 5.41) is 0. The molecule has 2 nitrogen and oxygen atoms in total. The van der Waals surface area contributed by atoms with Gasteiger partial charge in [-0.3, -0.25) is 0 Å². The first-order chi connectivity index (χ1) is 8.08. The molecule has 0 aliphatic heterocycles. The third-order valence-corrected chi connectivity index (χ3v) is 2.59. The lowest BCUT2D eigenvalue weighted by molar-refractivity contribution is 0.231. The molecule has 0 radical (unpaired) electrons. The van der Waals surface area contributed by atoms with Gasteiger partial charge in [-0.25, -0.2) is 8.78 Å². The van der Waals surface area contributed by atoms with Crippen molar-refractivity contribution in [1.82, 2.24) is 0 Å². The van der Waals surface area contributed by atoms with Crippen LogP contribution in [0.5, 0.6) is 5.75 Å². The normalized spacial score (nSPS) is 12.5. The van der Waals surface area contributed by atoms with Crippen molar-refractivity contribution in [3.63, 3.8) is 0 Å². The smallest absolute Gasteiger partial charge is 0.190 e. The lowest BCUT2D eigenvalue weighted by atomic mass is 10.1. The van der Waals surface area contributed by atoms with Crippen molar-refractivity contribution < 1.29 is 13.5 Å². The molecule has 0 aliphatic carbocycles. The minimum atomic E-state index is -0.686. The average molecular weight is 243 g/mol. The molecule has 1 atom stereocenters. The van der Waals surface area contributed by atoms with Gasteiger partial charge in [0.25, 0.3) is 0 Å². The predicted molar refractivity (Wildman–Crippen MR) is 63.8 cm³/mol. The first-order valence-electron chi connectivity index (χ1n) is 5.89. The predicted octanol–water partition coefficient (Wildman–Crippen LogP) is 3.24. The Balaban J connectivity index is 2.71. The second kappa shape index (κ2) is 6.55. The molecular formula is C13H19F2NO. The zero-order valence-corrected chi connectivity index (χ0v) is 10.3. The summed E-state index contributed by atoms with van der Waals surface area (Å²) in [6.45, 7) is 4.49. The van der Waals surface area contributed by atoms with Crippen LogP contribution >= 0.6 is 0 Å². The highest BCUT2D eigenvalue weighted by Crippen LogP contribution is 2.24. The summed E-state index contributed by atoms with van der Waals surface area (Å²) in [5.74, 6) is -1.39. The van der Waals surface area contributed by atoms with Crippen LogP contribution in [-0.2, 0) is 6.54 Å². The standard InChI is InChI=1S/C13H19F2NO/c1-3-4-9(2)8-17-13-11(14)5-10(7-16)6-12(13)15/h5-6,9H,3-4,7-8,16H2,1-2H3. The van der Waals surface area contributed by atoms with Crippen LogP contribution in [-0.4, -0.2) is 6.61 Å². The van der Waals surface area contributed by atoms with E-state index in [1.54, 1.807) is 0 Å². The van der Waals surface area contributed by atoms with Crippen molar-refractivity contribution in [2.45, 2.75) is 33.2 Å². The molecule has 1 unspecified atom stereocenters. The molecule has 0 aromatic heterocycles. The summed E-state index contributed by atoms with van der Waals surface area (Å²) >= 11 is 0. The monoisotopic (exact) mass is 243 g/mol.